The normalized spacial score (nSPS) is 14.2. The highest BCUT2D eigenvalue weighted by Crippen LogP contribution is 2.26. The maximum absolute atomic E-state index is 11.0. The first-order chi connectivity index (χ1) is 10.9. The van der Waals surface area contributed by atoms with Gasteiger partial charge in [0.1, 0.15) is 9.76 Å². The number of hydrogen-bond acceptors (Lipinski definition) is 6. The van der Waals surface area contributed by atoms with Crippen LogP contribution in [0.4, 0.5) is 0 Å². The van der Waals surface area contributed by atoms with Gasteiger partial charge in [0.15, 0.2) is 36.2 Å². The largest absolute Gasteiger partial charge is 0.476 e. The zero-order chi connectivity index (χ0) is 19.0. The molecule has 13 heteroatoms. The van der Waals surface area contributed by atoms with Crippen molar-refractivity contribution >= 4 is 63.5 Å². The van der Waals surface area contributed by atoms with Crippen LogP contribution in [0.5, 0.6) is 0 Å². The molecule has 0 radical (unpaired) electrons. The Morgan fingerprint density at radius 3 is 1.38 bits per heavy atom. The number of hydrogen-bond donors (Lipinski definition) is 1. The van der Waals surface area contributed by atoms with Crippen LogP contribution >= 0.6 is 0 Å². The highest BCUT2D eigenvalue weighted by atomic mass is 28.5. The Balaban J connectivity index is 5.26. The van der Waals surface area contributed by atoms with Crippen molar-refractivity contribution in [1.29, 1.82) is 0 Å². The van der Waals surface area contributed by atoms with Crippen molar-refractivity contribution in [2.75, 3.05) is 0 Å². The minimum atomic E-state index is -3.15. The van der Waals surface area contributed by atoms with Gasteiger partial charge in [-0.1, -0.05) is 6.55 Å². The Bertz CT molecular complexity index is 325. The Hall–Kier alpha value is 1.28. The van der Waals surface area contributed by atoms with Crippen molar-refractivity contribution in [2.24, 2.45) is 0 Å². The summed E-state index contributed by atoms with van der Waals surface area (Å²) in [6.45, 7) is 19.0. The summed E-state index contributed by atoms with van der Waals surface area (Å²) >= 11 is 0. The van der Waals surface area contributed by atoms with Crippen molar-refractivity contribution in [3.05, 3.63) is 0 Å². The first-order valence-electron chi connectivity index (χ1n) is 9.01. The Morgan fingerprint density at radius 2 is 1.08 bits per heavy atom. The van der Waals surface area contributed by atoms with Crippen LogP contribution in [-0.4, -0.2) is 68.3 Å². The smallest absolute Gasteiger partial charge is 0.423 e. The first kappa shape index (κ1) is 25.3. The molecule has 0 aliphatic rings. The monoisotopic (exact) mass is 462 g/mol. The molecule has 0 atom stereocenters. The molecule has 0 aromatic heterocycles. The van der Waals surface area contributed by atoms with E-state index < -0.39 is 63.5 Å². The summed E-state index contributed by atoms with van der Waals surface area (Å²) in [5.41, 5.74) is 0. The van der Waals surface area contributed by atoms with E-state index in [2.05, 4.69) is 58.9 Å². The third-order valence-electron chi connectivity index (χ3n) is 2.78. The summed E-state index contributed by atoms with van der Waals surface area (Å²) < 4.78 is 30.8. The van der Waals surface area contributed by atoms with E-state index >= 15 is 0 Å². The second kappa shape index (κ2) is 11.9. The van der Waals surface area contributed by atoms with Gasteiger partial charge in [0.25, 0.3) is 0 Å². The van der Waals surface area contributed by atoms with Gasteiger partial charge in [0, 0.05) is 12.1 Å². The van der Waals surface area contributed by atoms with Crippen LogP contribution in [0, 0.1) is 0 Å². The van der Waals surface area contributed by atoms with E-state index in [4.69, 9.17) is 20.6 Å². The van der Waals surface area contributed by atoms with Crippen molar-refractivity contribution in [3.63, 3.8) is 0 Å². The lowest BCUT2D eigenvalue weighted by molar-refractivity contribution is 0.242. The van der Waals surface area contributed by atoms with Crippen LogP contribution in [0.15, 0.2) is 0 Å². The fourth-order valence-corrected chi connectivity index (χ4v) is 24.0. The van der Waals surface area contributed by atoms with E-state index in [1.165, 1.54) is 0 Å². The molecule has 0 aliphatic carbocycles. The average molecular weight is 463 g/mol. The minimum absolute atomic E-state index is 0.492. The molecular weight excluding hydrogens is 425 g/mol. The summed E-state index contributed by atoms with van der Waals surface area (Å²) in [4.78, 5) is 11.0. The van der Waals surface area contributed by atoms with Crippen molar-refractivity contribution in [1.82, 2.24) is 0 Å². The van der Waals surface area contributed by atoms with Crippen molar-refractivity contribution in [3.8, 4) is 0 Å². The first-order valence-corrected chi connectivity index (χ1v) is 26.0. The second-order valence-electron chi connectivity index (χ2n) is 7.00. The van der Waals surface area contributed by atoms with E-state index in [-0.39, 0.29) is 0 Å². The molecule has 0 rings (SSSR count). The molecule has 0 unspecified atom stereocenters. The second-order valence-corrected chi connectivity index (χ2v) is 24.7. The lowest BCUT2D eigenvalue weighted by Gasteiger charge is -2.36. The molecule has 0 saturated heterocycles. The van der Waals surface area contributed by atoms with Crippen LogP contribution in [-0.2, 0) is 20.6 Å². The lowest BCUT2D eigenvalue weighted by Crippen LogP contribution is -2.55. The molecule has 6 nitrogen and oxygen atoms in total. The van der Waals surface area contributed by atoms with Crippen molar-refractivity contribution in [2.45, 2.75) is 71.0 Å². The molecule has 0 aromatic carbocycles. The quantitative estimate of drug-likeness (QED) is 0.412. The van der Waals surface area contributed by atoms with Crippen LogP contribution in [0.3, 0.4) is 0 Å². The maximum Gasteiger partial charge on any atom is 0.476 e. The van der Waals surface area contributed by atoms with Crippen molar-refractivity contribution < 1.29 is 25.4 Å². The van der Waals surface area contributed by atoms with Gasteiger partial charge in [-0.15, -0.1) is 0 Å². The van der Waals surface area contributed by atoms with Gasteiger partial charge in [0.05, 0.1) is 0 Å². The molecule has 0 aliphatic heterocycles. The van der Waals surface area contributed by atoms with Gasteiger partial charge in [-0.25, -0.2) is 0 Å². The Kier molecular flexibility index (Phi) is 12.5. The highest BCUT2D eigenvalue weighted by Gasteiger charge is 2.47. The third-order valence-corrected chi connectivity index (χ3v) is 21.3. The average Bonchev–Trinajstić information content (AvgIpc) is 2.33. The van der Waals surface area contributed by atoms with Crippen LogP contribution in [0.25, 0.3) is 0 Å². The molecule has 1 N–H and O–H groups in total. The van der Waals surface area contributed by atoms with Gasteiger partial charge >= 0.3 is 17.6 Å². The molecule has 0 bridgehead atoms. The van der Waals surface area contributed by atoms with Gasteiger partial charge in [0.2, 0.25) is 0 Å². The summed E-state index contributed by atoms with van der Waals surface area (Å²) in [6, 6.07) is 1.11. The molecule has 0 fully saturated rings. The fourth-order valence-electron chi connectivity index (χ4n) is 2.42. The maximum atomic E-state index is 11.0. The van der Waals surface area contributed by atoms with Crippen LogP contribution in [0.1, 0.15) is 0 Å². The molecular formula is C11H38O6Si7. The predicted octanol–water partition coefficient (Wildman–Crippen LogP) is 1.00. The third kappa shape index (κ3) is 11.1. The minimum Gasteiger partial charge on any atom is -0.423 e. The summed E-state index contributed by atoms with van der Waals surface area (Å²) in [5, 5.41) is 0. The zero-order valence-corrected chi connectivity index (χ0v) is 25.0. The zero-order valence-electron chi connectivity index (χ0n) is 16.9. The van der Waals surface area contributed by atoms with Gasteiger partial charge in [-0.3, -0.25) is 0 Å². The topological polar surface area (TPSA) is 66.4 Å². The molecule has 0 heterocycles. The lowest BCUT2D eigenvalue weighted by atomic mass is 11.0. The molecule has 0 spiro atoms. The van der Waals surface area contributed by atoms with E-state index in [0.717, 1.165) is 0 Å². The van der Waals surface area contributed by atoms with E-state index in [1.807, 2.05) is 0 Å². The van der Waals surface area contributed by atoms with Gasteiger partial charge in [-0.05, 0) is 52.4 Å². The van der Waals surface area contributed by atoms with Crippen LogP contribution in [0.2, 0.25) is 71.0 Å². The van der Waals surface area contributed by atoms with Gasteiger partial charge in [-0.2, -0.15) is 0 Å². The molecule has 0 saturated carbocycles. The molecule has 0 amide bonds. The highest BCUT2D eigenvalue weighted by molar-refractivity contribution is 6.80. The molecule has 24 heavy (non-hydrogen) atoms. The molecule has 146 valence electrons. The van der Waals surface area contributed by atoms with E-state index in [0.29, 0.717) is 12.1 Å². The summed E-state index contributed by atoms with van der Waals surface area (Å²) in [5.74, 6) is 0. The Labute approximate surface area is 159 Å². The van der Waals surface area contributed by atoms with Crippen LogP contribution < -0.4 is 0 Å². The molecule has 0 aromatic rings. The summed E-state index contributed by atoms with van der Waals surface area (Å²) in [7, 11) is -11.9. The fraction of sp³-hybridized carbons (Fsp3) is 1.00. The van der Waals surface area contributed by atoms with Gasteiger partial charge < -0.3 is 25.4 Å². The summed E-state index contributed by atoms with van der Waals surface area (Å²) in [6.07, 6.45) is 0. The Morgan fingerprint density at radius 1 is 0.708 bits per heavy atom. The van der Waals surface area contributed by atoms with E-state index in [9.17, 15) is 4.80 Å². The SMILES string of the molecule is C[SiH2]O[Si](CC[Si](O)(O[SiH](C)C)O[SiH](C)C)(O[SiH](C)C)O[SiH](C)C. The predicted molar refractivity (Wildman–Crippen MR) is 119 cm³/mol. The standard InChI is InChI=1S/C11H38O6Si7/c1-18-13-24(16-21(6)7,17-22(8)9)11-10-23(12,14-19(2)3)15-20(4)5/h12,19-22H,10-11,18H2,1-9H3. The number of rotatable bonds is 13. The van der Waals surface area contributed by atoms with E-state index in [1.54, 1.807) is 0 Å².